The summed E-state index contributed by atoms with van der Waals surface area (Å²) in [4.78, 5) is 28.4. The summed E-state index contributed by atoms with van der Waals surface area (Å²) in [5.41, 5.74) is 1.17. The first-order valence-corrected chi connectivity index (χ1v) is 11.2. The highest BCUT2D eigenvalue weighted by molar-refractivity contribution is 7.89. The predicted molar refractivity (Wildman–Crippen MR) is 114 cm³/mol. The van der Waals surface area contributed by atoms with E-state index in [4.69, 9.17) is 21.5 Å². The topological polar surface area (TPSA) is 121 Å². The number of nitrogens with zero attached hydrogens (tertiary/aromatic N) is 2. The standard InChI is InChI=1S/C19H16ClN3O5S2/c1-28-18(25)11-23-15-8-7-13(30(21,26)27)10-16(15)29-19(23)22-17(24)9-6-12-4-2-3-5-14(12)20/h2-10H,11H2,1H3,(H2,21,26,27)/b9-6+,22-19?. The molecule has 1 aromatic heterocycles. The fourth-order valence-electron chi connectivity index (χ4n) is 2.57. The minimum Gasteiger partial charge on any atom is -0.468 e. The number of thiazole rings is 1. The van der Waals surface area contributed by atoms with E-state index in [9.17, 15) is 18.0 Å². The average molecular weight is 466 g/mol. The molecule has 0 atom stereocenters. The van der Waals surface area contributed by atoms with Crippen LogP contribution in [0.1, 0.15) is 5.56 Å². The number of hydrogen-bond acceptors (Lipinski definition) is 6. The van der Waals surface area contributed by atoms with Crippen molar-refractivity contribution in [2.45, 2.75) is 11.4 Å². The van der Waals surface area contributed by atoms with E-state index in [0.29, 0.717) is 20.8 Å². The van der Waals surface area contributed by atoms with Gasteiger partial charge in [0.15, 0.2) is 4.80 Å². The lowest BCUT2D eigenvalue weighted by atomic mass is 10.2. The molecule has 0 unspecified atom stereocenters. The molecule has 11 heteroatoms. The Morgan fingerprint density at radius 1 is 1.27 bits per heavy atom. The summed E-state index contributed by atoms with van der Waals surface area (Å²) < 4.78 is 29.9. The number of carbonyl (C=O) groups is 2. The summed E-state index contributed by atoms with van der Waals surface area (Å²) in [6.45, 7) is -0.203. The van der Waals surface area contributed by atoms with Crippen molar-refractivity contribution in [2.24, 2.45) is 10.1 Å². The van der Waals surface area contributed by atoms with Crippen molar-refractivity contribution < 1.29 is 22.7 Å². The van der Waals surface area contributed by atoms with Gasteiger partial charge >= 0.3 is 5.97 Å². The van der Waals surface area contributed by atoms with Gasteiger partial charge in [0, 0.05) is 11.1 Å². The van der Waals surface area contributed by atoms with Crippen molar-refractivity contribution in [2.75, 3.05) is 7.11 Å². The second kappa shape index (κ2) is 8.92. The smallest absolute Gasteiger partial charge is 0.325 e. The zero-order chi connectivity index (χ0) is 21.9. The maximum atomic E-state index is 12.4. The molecule has 2 aromatic carbocycles. The maximum absolute atomic E-state index is 12.4. The van der Waals surface area contributed by atoms with Crippen molar-refractivity contribution in [1.29, 1.82) is 0 Å². The Hall–Kier alpha value is -2.79. The Morgan fingerprint density at radius 2 is 2.00 bits per heavy atom. The van der Waals surface area contributed by atoms with Gasteiger partial charge < -0.3 is 9.30 Å². The van der Waals surface area contributed by atoms with Crippen molar-refractivity contribution in [3.8, 4) is 0 Å². The van der Waals surface area contributed by atoms with Gasteiger partial charge in [-0.3, -0.25) is 9.59 Å². The van der Waals surface area contributed by atoms with Gasteiger partial charge in [0.1, 0.15) is 6.54 Å². The number of ether oxygens (including phenoxy) is 1. The second-order valence-electron chi connectivity index (χ2n) is 6.03. The largest absolute Gasteiger partial charge is 0.468 e. The molecule has 0 radical (unpaired) electrons. The van der Waals surface area contributed by atoms with Crippen LogP contribution in [0.15, 0.2) is 58.4 Å². The third-order valence-corrected chi connectivity index (χ3v) is 6.31. The summed E-state index contributed by atoms with van der Waals surface area (Å²) >= 11 is 7.11. The lowest BCUT2D eigenvalue weighted by Gasteiger charge is -2.04. The number of benzene rings is 2. The molecule has 0 aliphatic heterocycles. The van der Waals surface area contributed by atoms with E-state index in [0.717, 1.165) is 11.3 Å². The van der Waals surface area contributed by atoms with Crippen LogP contribution >= 0.6 is 22.9 Å². The molecule has 0 aliphatic rings. The number of rotatable bonds is 5. The van der Waals surface area contributed by atoms with Gasteiger partial charge in [-0.2, -0.15) is 4.99 Å². The molecule has 1 heterocycles. The van der Waals surface area contributed by atoms with Crippen LogP contribution in [-0.4, -0.2) is 32.0 Å². The van der Waals surface area contributed by atoms with Crippen molar-refractivity contribution >= 4 is 61.1 Å². The van der Waals surface area contributed by atoms with Crippen molar-refractivity contribution in [1.82, 2.24) is 4.57 Å². The van der Waals surface area contributed by atoms with E-state index in [-0.39, 0.29) is 16.2 Å². The van der Waals surface area contributed by atoms with Crippen LogP contribution in [-0.2, 0) is 30.9 Å². The van der Waals surface area contributed by atoms with Crippen LogP contribution in [0.3, 0.4) is 0 Å². The Morgan fingerprint density at radius 3 is 2.67 bits per heavy atom. The third-order valence-electron chi connectivity index (χ3n) is 4.01. The highest BCUT2D eigenvalue weighted by atomic mass is 35.5. The van der Waals surface area contributed by atoms with E-state index in [1.54, 1.807) is 24.3 Å². The van der Waals surface area contributed by atoms with E-state index in [2.05, 4.69) is 4.99 Å². The number of esters is 1. The fourth-order valence-corrected chi connectivity index (χ4v) is 4.45. The number of amides is 1. The molecule has 8 nitrogen and oxygen atoms in total. The van der Waals surface area contributed by atoms with Gasteiger partial charge in [-0.25, -0.2) is 13.6 Å². The minimum absolute atomic E-state index is 0.0852. The van der Waals surface area contributed by atoms with E-state index in [1.165, 1.54) is 42.0 Å². The molecule has 2 N–H and O–H groups in total. The van der Waals surface area contributed by atoms with Crippen molar-refractivity contribution in [3.63, 3.8) is 0 Å². The number of carbonyl (C=O) groups excluding carboxylic acids is 2. The SMILES string of the molecule is COC(=O)Cn1c(=NC(=O)/C=C/c2ccccc2Cl)sc2cc(S(N)(=O)=O)ccc21. The van der Waals surface area contributed by atoms with Gasteiger partial charge in [-0.05, 0) is 35.9 Å². The summed E-state index contributed by atoms with van der Waals surface area (Å²) in [6, 6.07) is 11.2. The monoisotopic (exact) mass is 465 g/mol. The van der Waals surface area contributed by atoms with E-state index in [1.807, 2.05) is 0 Å². The van der Waals surface area contributed by atoms with Crippen LogP contribution in [0.4, 0.5) is 0 Å². The molecular weight excluding hydrogens is 450 g/mol. The first-order chi connectivity index (χ1) is 14.2. The Balaban J connectivity index is 2.08. The molecule has 0 bridgehead atoms. The summed E-state index contributed by atoms with van der Waals surface area (Å²) in [6.07, 6.45) is 2.79. The number of nitrogens with two attached hydrogens (primary N) is 1. The molecule has 30 heavy (non-hydrogen) atoms. The lowest BCUT2D eigenvalue weighted by molar-refractivity contribution is -0.141. The van der Waals surface area contributed by atoms with E-state index >= 15 is 0 Å². The second-order valence-corrected chi connectivity index (χ2v) is 9.00. The number of halogens is 1. The Kier molecular flexibility index (Phi) is 6.52. The highest BCUT2D eigenvalue weighted by Gasteiger charge is 2.15. The normalized spacial score (nSPS) is 12.6. The number of fused-ring (bicyclic) bond motifs is 1. The quantitative estimate of drug-likeness (QED) is 0.457. The van der Waals surface area contributed by atoms with Gasteiger partial charge in [-0.1, -0.05) is 41.1 Å². The molecule has 0 saturated carbocycles. The van der Waals surface area contributed by atoms with Crippen LogP contribution in [0.25, 0.3) is 16.3 Å². The average Bonchev–Trinajstić information content (AvgIpc) is 3.02. The van der Waals surface area contributed by atoms with Crippen LogP contribution in [0.5, 0.6) is 0 Å². The molecule has 3 aromatic rings. The number of methoxy groups -OCH3 is 1. The minimum atomic E-state index is -3.91. The number of aromatic nitrogens is 1. The van der Waals surface area contributed by atoms with Gasteiger partial charge in [-0.15, -0.1) is 0 Å². The summed E-state index contributed by atoms with van der Waals surface area (Å²) in [5, 5.41) is 5.67. The summed E-state index contributed by atoms with van der Waals surface area (Å²) in [7, 11) is -2.67. The molecule has 1 amide bonds. The highest BCUT2D eigenvalue weighted by Crippen LogP contribution is 2.21. The molecular formula is C19H16ClN3O5S2. The fraction of sp³-hybridized carbons (Fsp3) is 0.105. The molecule has 0 saturated heterocycles. The van der Waals surface area contributed by atoms with Gasteiger partial charge in [0.2, 0.25) is 10.0 Å². The van der Waals surface area contributed by atoms with Crippen LogP contribution in [0.2, 0.25) is 5.02 Å². The first-order valence-electron chi connectivity index (χ1n) is 8.43. The predicted octanol–water partition coefficient (Wildman–Crippen LogP) is 2.32. The molecule has 156 valence electrons. The van der Waals surface area contributed by atoms with Gasteiger partial charge in [0.25, 0.3) is 5.91 Å². The zero-order valence-electron chi connectivity index (χ0n) is 15.6. The Bertz CT molecular complexity index is 1340. The third kappa shape index (κ3) is 5.03. The van der Waals surface area contributed by atoms with Crippen LogP contribution < -0.4 is 9.94 Å². The zero-order valence-corrected chi connectivity index (χ0v) is 18.0. The van der Waals surface area contributed by atoms with Crippen molar-refractivity contribution in [3.05, 3.63) is 63.9 Å². The first kappa shape index (κ1) is 21.9. The number of sulfonamides is 1. The van der Waals surface area contributed by atoms with E-state index < -0.39 is 21.9 Å². The summed E-state index contributed by atoms with van der Waals surface area (Å²) in [5.74, 6) is -1.13. The number of hydrogen-bond donors (Lipinski definition) is 1. The molecule has 3 rings (SSSR count). The number of primary sulfonamides is 1. The molecule has 0 fully saturated rings. The van der Waals surface area contributed by atoms with Crippen LogP contribution in [0, 0.1) is 0 Å². The molecule has 0 spiro atoms. The Labute approximate surface area is 180 Å². The van der Waals surface area contributed by atoms with Gasteiger partial charge in [0.05, 0.1) is 22.2 Å². The molecule has 0 aliphatic carbocycles. The maximum Gasteiger partial charge on any atom is 0.325 e. The lowest BCUT2D eigenvalue weighted by Crippen LogP contribution is -2.22.